The molecular formula is C20H23NO7. The molecule has 1 amide bonds. The topological polar surface area (TPSA) is 137 Å². The fourth-order valence-electron chi connectivity index (χ4n) is 3.73. The summed E-state index contributed by atoms with van der Waals surface area (Å²) in [6.45, 7) is 2.10. The summed E-state index contributed by atoms with van der Waals surface area (Å²) in [7, 11) is 0. The Hall–Kier alpha value is -3.03. The van der Waals surface area contributed by atoms with Gasteiger partial charge in [0.2, 0.25) is 11.7 Å². The van der Waals surface area contributed by atoms with E-state index in [0.717, 1.165) is 12.8 Å². The SMILES string of the molecule is Cc1c(CC(=O)NCC2CCC(C(=O)O)CC2)c(=O)oc2c(O)c(O)ccc12. The van der Waals surface area contributed by atoms with E-state index in [-0.39, 0.29) is 35.3 Å². The second kappa shape index (κ2) is 7.92. The van der Waals surface area contributed by atoms with Gasteiger partial charge in [-0.1, -0.05) is 0 Å². The van der Waals surface area contributed by atoms with Gasteiger partial charge in [-0.25, -0.2) is 4.79 Å². The van der Waals surface area contributed by atoms with Crippen molar-refractivity contribution < 1.29 is 29.3 Å². The number of aromatic hydroxyl groups is 2. The van der Waals surface area contributed by atoms with Gasteiger partial charge < -0.3 is 25.1 Å². The van der Waals surface area contributed by atoms with Crippen molar-refractivity contribution in [1.29, 1.82) is 0 Å². The third-order valence-electron chi connectivity index (χ3n) is 5.53. The smallest absolute Gasteiger partial charge is 0.340 e. The van der Waals surface area contributed by atoms with Gasteiger partial charge in [-0.2, -0.15) is 0 Å². The molecule has 1 aromatic heterocycles. The second-order valence-corrected chi connectivity index (χ2v) is 7.34. The molecule has 1 aliphatic carbocycles. The number of carboxylic acids is 1. The van der Waals surface area contributed by atoms with Crippen molar-refractivity contribution in [2.75, 3.05) is 6.54 Å². The molecule has 1 fully saturated rings. The van der Waals surface area contributed by atoms with Crippen LogP contribution in [0.2, 0.25) is 0 Å². The van der Waals surface area contributed by atoms with Crippen LogP contribution in [0.15, 0.2) is 21.3 Å². The molecule has 0 unspecified atom stereocenters. The van der Waals surface area contributed by atoms with Gasteiger partial charge in [0.15, 0.2) is 11.3 Å². The highest BCUT2D eigenvalue weighted by Gasteiger charge is 2.26. The maximum absolute atomic E-state index is 12.3. The van der Waals surface area contributed by atoms with Gasteiger partial charge in [0.1, 0.15) is 0 Å². The maximum atomic E-state index is 12.3. The molecule has 0 atom stereocenters. The van der Waals surface area contributed by atoms with Crippen LogP contribution in [0.5, 0.6) is 11.5 Å². The van der Waals surface area contributed by atoms with Crippen LogP contribution in [0.3, 0.4) is 0 Å². The number of aryl methyl sites for hydroxylation is 1. The summed E-state index contributed by atoms with van der Waals surface area (Å²) in [5.74, 6) is -2.05. The molecule has 150 valence electrons. The largest absolute Gasteiger partial charge is 0.504 e. The van der Waals surface area contributed by atoms with E-state index in [1.165, 1.54) is 12.1 Å². The monoisotopic (exact) mass is 389 g/mol. The number of aliphatic carboxylic acids is 1. The molecule has 1 aromatic carbocycles. The van der Waals surface area contributed by atoms with Crippen LogP contribution < -0.4 is 10.9 Å². The van der Waals surface area contributed by atoms with E-state index in [9.17, 15) is 24.6 Å². The van der Waals surface area contributed by atoms with Gasteiger partial charge in [0.25, 0.3) is 0 Å². The van der Waals surface area contributed by atoms with Gasteiger partial charge >= 0.3 is 11.6 Å². The Morgan fingerprint density at radius 2 is 1.86 bits per heavy atom. The summed E-state index contributed by atoms with van der Waals surface area (Å²) in [6.07, 6.45) is 2.56. The predicted octanol–water partition coefficient (Wildman–Crippen LogP) is 2.06. The molecule has 1 heterocycles. The Morgan fingerprint density at radius 3 is 2.50 bits per heavy atom. The Kier molecular flexibility index (Phi) is 5.58. The molecule has 3 rings (SSSR count). The zero-order valence-electron chi connectivity index (χ0n) is 15.5. The van der Waals surface area contributed by atoms with Crippen molar-refractivity contribution in [3.63, 3.8) is 0 Å². The second-order valence-electron chi connectivity index (χ2n) is 7.34. The van der Waals surface area contributed by atoms with E-state index in [1.54, 1.807) is 6.92 Å². The van der Waals surface area contributed by atoms with Gasteiger partial charge in [0.05, 0.1) is 17.9 Å². The average molecular weight is 389 g/mol. The Morgan fingerprint density at radius 1 is 1.18 bits per heavy atom. The molecule has 28 heavy (non-hydrogen) atoms. The highest BCUT2D eigenvalue weighted by Crippen LogP contribution is 2.34. The summed E-state index contributed by atoms with van der Waals surface area (Å²) in [6, 6.07) is 2.81. The summed E-state index contributed by atoms with van der Waals surface area (Å²) < 4.78 is 5.11. The molecule has 0 radical (unpaired) electrons. The standard InChI is InChI=1S/C20H23NO7/c1-10-13-6-7-15(22)17(24)18(13)28-20(27)14(10)8-16(23)21-9-11-2-4-12(5-3-11)19(25)26/h6-7,11-12,22,24H,2-5,8-9H2,1H3,(H,21,23)(H,25,26). The van der Waals surface area contributed by atoms with E-state index in [4.69, 9.17) is 9.52 Å². The lowest BCUT2D eigenvalue weighted by atomic mass is 9.82. The number of carbonyl (C=O) groups excluding carboxylic acids is 1. The van der Waals surface area contributed by atoms with Gasteiger partial charge in [-0.3, -0.25) is 9.59 Å². The number of nitrogens with one attached hydrogen (secondary N) is 1. The van der Waals surface area contributed by atoms with Crippen molar-refractivity contribution in [2.45, 2.75) is 39.0 Å². The van der Waals surface area contributed by atoms with Crippen LogP contribution in [0, 0.1) is 18.8 Å². The zero-order valence-corrected chi connectivity index (χ0v) is 15.5. The van der Waals surface area contributed by atoms with E-state index in [2.05, 4.69) is 5.32 Å². The first-order valence-corrected chi connectivity index (χ1v) is 9.24. The number of hydrogen-bond acceptors (Lipinski definition) is 6. The van der Waals surface area contributed by atoms with Gasteiger partial charge in [0, 0.05) is 11.9 Å². The molecule has 8 nitrogen and oxygen atoms in total. The molecule has 0 aliphatic heterocycles. The fourth-order valence-corrected chi connectivity index (χ4v) is 3.73. The van der Waals surface area contributed by atoms with Crippen molar-refractivity contribution in [1.82, 2.24) is 5.32 Å². The number of benzene rings is 1. The molecule has 0 bridgehead atoms. The first-order chi connectivity index (χ1) is 13.3. The Balaban J connectivity index is 1.66. The molecular weight excluding hydrogens is 366 g/mol. The number of fused-ring (bicyclic) bond motifs is 1. The van der Waals surface area contributed by atoms with Crippen LogP contribution in [0.25, 0.3) is 11.0 Å². The number of hydrogen-bond donors (Lipinski definition) is 4. The number of amides is 1. The first-order valence-electron chi connectivity index (χ1n) is 9.24. The Labute approximate surface area is 160 Å². The van der Waals surface area contributed by atoms with Crippen LogP contribution in [0.4, 0.5) is 0 Å². The third kappa shape index (κ3) is 3.95. The normalized spacial score (nSPS) is 19.5. The van der Waals surface area contributed by atoms with E-state index < -0.39 is 23.1 Å². The lowest BCUT2D eigenvalue weighted by Gasteiger charge is -2.26. The lowest BCUT2D eigenvalue weighted by molar-refractivity contribution is -0.143. The highest BCUT2D eigenvalue weighted by molar-refractivity contribution is 5.89. The quantitative estimate of drug-likeness (QED) is 0.454. The van der Waals surface area contributed by atoms with Crippen LogP contribution in [-0.2, 0) is 16.0 Å². The van der Waals surface area contributed by atoms with Crippen LogP contribution in [-0.4, -0.2) is 33.7 Å². The van der Waals surface area contributed by atoms with Crippen LogP contribution in [0.1, 0.15) is 36.8 Å². The van der Waals surface area contributed by atoms with Crippen molar-refractivity contribution in [2.24, 2.45) is 11.8 Å². The number of phenols is 2. The Bertz CT molecular complexity index is 971. The molecule has 1 saturated carbocycles. The van der Waals surface area contributed by atoms with Crippen LogP contribution >= 0.6 is 0 Å². The number of carbonyl (C=O) groups is 2. The van der Waals surface area contributed by atoms with Gasteiger partial charge in [-0.15, -0.1) is 0 Å². The lowest BCUT2D eigenvalue weighted by Crippen LogP contribution is -2.34. The minimum atomic E-state index is -0.764. The summed E-state index contributed by atoms with van der Waals surface area (Å²) in [4.78, 5) is 35.6. The average Bonchev–Trinajstić information content (AvgIpc) is 2.67. The summed E-state index contributed by atoms with van der Waals surface area (Å²) in [5.41, 5.74) is -0.131. The number of phenolic OH excluding ortho intramolecular Hbond substituents is 2. The maximum Gasteiger partial charge on any atom is 0.340 e. The zero-order chi connectivity index (χ0) is 20.4. The van der Waals surface area contributed by atoms with Crippen molar-refractivity contribution >= 4 is 22.8 Å². The fraction of sp³-hybridized carbons (Fsp3) is 0.450. The van der Waals surface area contributed by atoms with Gasteiger partial charge in [-0.05, 0) is 56.2 Å². The molecule has 1 aliphatic rings. The summed E-state index contributed by atoms with van der Waals surface area (Å²) >= 11 is 0. The number of rotatable bonds is 5. The highest BCUT2D eigenvalue weighted by atomic mass is 16.4. The van der Waals surface area contributed by atoms with E-state index in [1.807, 2.05) is 0 Å². The minimum Gasteiger partial charge on any atom is -0.504 e. The summed E-state index contributed by atoms with van der Waals surface area (Å²) in [5, 5.41) is 31.7. The molecule has 0 saturated heterocycles. The third-order valence-corrected chi connectivity index (χ3v) is 5.53. The predicted molar refractivity (Wildman–Crippen MR) is 100 cm³/mol. The molecule has 4 N–H and O–H groups in total. The van der Waals surface area contributed by atoms with Crippen molar-refractivity contribution in [3.8, 4) is 11.5 Å². The molecule has 0 spiro atoms. The van der Waals surface area contributed by atoms with Crippen molar-refractivity contribution in [3.05, 3.63) is 33.7 Å². The van der Waals surface area contributed by atoms with E-state index in [0.29, 0.717) is 30.3 Å². The molecule has 2 aromatic rings. The first kappa shape index (κ1) is 19.7. The number of carboxylic acid groups (broad SMARTS) is 1. The van der Waals surface area contributed by atoms with E-state index >= 15 is 0 Å². The minimum absolute atomic E-state index is 0.109. The molecule has 8 heteroatoms.